The Morgan fingerprint density at radius 3 is 2.47 bits per heavy atom. The maximum Gasteiger partial charge on any atom is 0.128 e. The third-order valence-corrected chi connectivity index (χ3v) is 4.95. The topological polar surface area (TPSA) is 15.3 Å². The minimum absolute atomic E-state index is 0.0103. The van der Waals surface area contributed by atoms with E-state index in [9.17, 15) is 4.39 Å². The molecule has 1 atom stereocenters. The fourth-order valence-corrected chi connectivity index (χ4v) is 3.81. The molecule has 0 saturated heterocycles. The molecule has 0 radical (unpaired) electrons. The van der Waals surface area contributed by atoms with Crippen molar-refractivity contribution in [3.63, 3.8) is 0 Å². The van der Waals surface area contributed by atoms with Gasteiger partial charge in [-0.3, -0.25) is 0 Å². The lowest BCUT2D eigenvalue weighted by atomic mass is 9.82. The van der Waals surface area contributed by atoms with Crippen molar-refractivity contribution in [1.82, 2.24) is 10.2 Å². The number of halogens is 2. The van der Waals surface area contributed by atoms with Gasteiger partial charge in [0.05, 0.1) is 6.04 Å². The molecule has 1 aromatic rings. The lowest BCUT2D eigenvalue weighted by molar-refractivity contribution is 0.107. The molecule has 1 unspecified atom stereocenters. The minimum atomic E-state index is -0.129. The Bertz CT molecular complexity index is 442. The fourth-order valence-electron chi connectivity index (χ4n) is 3.43. The third-order valence-electron chi connectivity index (χ3n) is 4.46. The maximum absolute atomic E-state index is 14.2. The Balaban J connectivity index is 2.45. The van der Waals surface area contributed by atoms with Crippen molar-refractivity contribution in [2.24, 2.45) is 0 Å². The monoisotopic (exact) mass is 328 g/mol. The van der Waals surface area contributed by atoms with Crippen LogP contribution in [0.3, 0.4) is 0 Å². The second kappa shape index (κ2) is 5.90. The molecule has 0 bridgehead atoms. The summed E-state index contributed by atoms with van der Waals surface area (Å²) in [6.07, 6.45) is 4.65. The highest BCUT2D eigenvalue weighted by molar-refractivity contribution is 9.10. The van der Waals surface area contributed by atoms with Gasteiger partial charge >= 0.3 is 0 Å². The average molecular weight is 329 g/mol. The van der Waals surface area contributed by atoms with Crippen molar-refractivity contribution in [3.8, 4) is 0 Å². The predicted octanol–water partition coefficient (Wildman–Crippen LogP) is 3.72. The molecule has 106 valence electrons. The van der Waals surface area contributed by atoms with E-state index >= 15 is 0 Å². The van der Waals surface area contributed by atoms with Crippen molar-refractivity contribution >= 4 is 15.9 Å². The van der Waals surface area contributed by atoms with Gasteiger partial charge in [-0.15, -0.1) is 0 Å². The SMILES string of the molecule is CNC(c1cc(Br)ccc1F)C1(N(C)C)CCCC1. The van der Waals surface area contributed by atoms with Gasteiger partial charge in [-0.1, -0.05) is 28.8 Å². The number of benzene rings is 1. The summed E-state index contributed by atoms with van der Waals surface area (Å²) >= 11 is 3.45. The summed E-state index contributed by atoms with van der Waals surface area (Å²) in [4.78, 5) is 2.27. The number of nitrogens with zero attached hydrogens (tertiary/aromatic N) is 1. The van der Waals surface area contributed by atoms with Crippen LogP contribution in [0.1, 0.15) is 37.3 Å². The van der Waals surface area contributed by atoms with Crippen molar-refractivity contribution in [1.29, 1.82) is 0 Å². The van der Waals surface area contributed by atoms with Crippen LogP contribution in [0.15, 0.2) is 22.7 Å². The zero-order chi connectivity index (χ0) is 14.0. The molecule has 1 N–H and O–H groups in total. The Labute approximate surface area is 123 Å². The highest BCUT2D eigenvalue weighted by atomic mass is 79.9. The van der Waals surface area contributed by atoms with Gasteiger partial charge in [0.1, 0.15) is 5.82 Å². The molecule has 2 rings (SSSR count). The van der Waals surface area contributed by atoms with Crippen LogP contribution in [0, 0.1) is 5.82 Å². The smallest absolute Gasteiger partial charge is 0.128 e. The Morgan fingerprint density at radius 2 is 1.95 bits per heavy atom. The number of nitrogens with one attached hydrogen (secondary N) is 1. The highest BCUT2D eigenvalue weighted by Crippen LogP contribution is 2.44. The van der Waals surface area contributed by atoms with Crippen LogP contribution in [-0.4, -0.2) is 31.6 Å². The van der Waals surface area contributed by atoms with Crippen LogP contribution >= 0.6 is 15.9 Å². The second-order valence-electron chi connectivity index (χ2n) is 5.59. The van der Waals surface area contributed by atoms with Gasteiger partial charge in [-0.25, -0.2) is 4.39 Å². The summed E-state index contributed by atoms with van der Waals surface area (Å²) in [6, 6.07) is 5.22. The Hall–Kier alpha value is -0.450. The van der Waals surface area contributed by atoms with Crippen molar-refractivity contribution in [3.05, 3.63) is 34.1 Å². The molecule has 1 aliphatic carbocycles. The molecule has 4 heteroatoms. The molecular formula is C15H22BrFN2. The molecule has 1 aromatic carbocycles. The summed E-state index contributed by atoms with van der Waals surface area (Å²) in [7, 11) is 6.13. The average Bonchev–Trinajstić information content (AvgIpc) is 2.85. The molecule has 0 aliphatic heterocycles. The summed E-state index contributed by atoms with van der Waals surface area (Å²) in [5.74, 6) is -0.129. The van der Waals surface area contributed by atoms with Gasteiger partial charge in [-0.05, 0) is 52.2 Å². The molecule has 1 aliphatic rings. The number of hydrogen-bond acceptors (Lipinski definition) is 2. The van der Waals surface area contributed by atoms with E-state index in [0.717, 1.165) is 22.9 Å². The largest absolute Gasteiger partial charge is 0.311 e. The first-order valence-electron chi connectivity index (χ1n) is 6.81. The van der Waals surface area contributed by atoms with Gasteiger partial charge in [-0.2, -0.15) is 0 Å². The van der Waals surface area contributed by atoms with Gasteiger partial charge in [0, 0.05) is 15.6 Å². The lowest BCUT2D eigenvalue weighted by Crippen LogP contribution is -2.51. The molecule has 0 spiro atoms. The van der Waals surface area contributed by atoms with E-state index in [2.05, 4.69) is 40.2 Å². The fraction of sp³-hybridized carbons (Fsp3) is 0.600. The van der Waals surface area contributed by atoms with E-state index in [4.69, 9.17) is 0 Å². The van der Waals surface area contributed by atoms with Crippen molar-refractivity contribution in [2.75, 3.05) is 21.1 Å². The van der Waals surface area contributed by atoms with E-state index in [1.54, 1.807) is 12.1 Å². The lowest BCUT2D eigenvalue weighted by Gasteiger charge is -2.43. The van der Waals surface area contributed by atoms with E-state index in [1.165, 1.54) is 12.8 Å². The molecule has 1 saturated carbocycles. The molecule has 0 heterocycles. The van der Waals surface area contributed by atoms with Crippen LogP contribution in [0.2, 0.25) is 0 Å². The van der Waals surface area contributed by atoms with E-state index in [0.29, 0.717) is 0 Å². The quantitative estimate of drug-likeness (QED) is 0.906. The summed E-state index contributed by atoms with van der Waals surface area (Å²) in [5, 5.41) is 3.35. The maximum atomic E-state index is 14.2. The molecule has 0 aromatic heterocycles. The summed E-state index contributed by atoms with van der Waals surface area (Å²) in [6.45, 7) is 0. The standard InChI is InChI=1S/C15H22BrFN2/c1-18-14(12-10-11(16)6-7-13(12)17)15(19(2)3)8-4-5-9-15/h6-7,10,14,18H,4-5,8-9H2,1-3H3. The number of hydrogen-bond donors (Lipinski definition) is 1. The van der Waals surface area contributed by atoms with E-state index < -0.39 is 0 Å². The van der Waals surface area contributed by atoms with E-state index in [-0.39, 0.29) is 17.4 Å². The second-order valence-corrected chi connectivity index (χ2v) is 6.51. The van der Waals surface area contributed by atoms with Gasteiger partial charge < -0.3 is 10.2 Å². The number of rotatable bonds is 4. The Kier molecular flexibility index (Phi) is 4.64. The molecular weight excluding hydrogens is 307 g/mol. The number of likely N-dealkylation sites (N-methyl/N-ethyl adjacent to an activating group) is 2. The van der Waals surface area contributed by atoms with Gasteiger partial charge in [0.2, 0.25) is 0 Å². The van der Waals surface area contributed by atoms with Crippen LogP contribution in [-0.2, 0) is 0 Å². The van der Waals surface area contributed by atoms with Crippen LogP contribution < -0.4 is 5.32 Å². The Morgan fingerprint density at radius 1 is 1.32 bits per heavy atom. The summed E-state index contributed by atoms with van der Waals surface area (Å²) < 4.78 is 15.1. The van der Waals surface area contributed by atoms with Crippen molar-refractivity contribution in [2.45, 2.75) is 37.3 Å². The van der Waals surface area contributed by atoms with Gasteiger partial charge in [0.15, 0.2) is 0 Å². The normalized spacial score (nSPS) is 19.9. The van der Waals surface area contributed by atoms with Crippen LogP contribution in [0.4, 0.5) is 4.39 Å². The first-order chi connectivity index (χ1) is 9.01. The highest BCUT2D eigenvalue weighted by Gasteiger charge is 2.44. The predicted molar refractivity (Wildman–Crippen MR) is 80.8 cm³/mol. The summed E-state index contributed by atoms with van der Waals surface area (Å²) in [5.41, 5.74) is 0.767. The molecule has 2 nitrogen and oxygen atoms in total. The third kappa shape index (κ3) is 2.71. The minimum Gasteiger partial charge on any atom is -0.311 e. The first-order valence-corrected chi connectivity index (χ1v) is 7.60. The molecule has 19 heavy (non-hydrogen) atoms. The molecule has 1 fully saturated rings. The van der Waals surface area contributed by atoms with Crippen LogP contribution in [0.5, 0.6) is 0 Å². The zero-order valence-electron chi connectivity index (χ0n) is 11.8. The van der Waals surface area contributed by atoms with Crippen molar-refractivity contribution < 1.29 is 4.39 Å². The molecule has 0 amide bonds. The van der Waals surface area contributed by atoms with Crippen LogP contribution in [0.25, 0.3) is 0 Å². The first kappa shape index (κ1) is 14.9. The zero-order valence-corrected chi connectivity index (χ0v) is 13.4. The van der Waals surface area contributed by atoms with Gasteiger partial charge in [0.25, 0.3) is 0 Å². The van der Waals surface area contributed by atoms with E-state index in [1.807, 2.05) is 13.1 Å².